The van der Waals surface area contributed by atoms with Crippen molar-refractivity contribution in [2.24, 2.45) is 0 Å². The molecule has 0 spiro atoms. The van der Waals surface area contributed by atoms with Crippen LogP contribution in [0.15, 0.2) is 12.1 Å². The summed E-state index contributed by atoms with van der Waals surface area (Å²) < 4.78 is 0. The number of hydrogen-bond donors (Lipinski definition) is 1. The van der Waals surface area contributed by atoms with Crippen molar-refractivity contribution in [2.45, 2.75) is 90.4 Å². The first kappa shape index (κ1) is 16.4. The number of benzene rings is 1. The van der Waals surface area contributed by atoms with Gasteiger partial charge < -0.3 is 5.11 Å². The SMILES string of the molecule is Cc1cc(C2CCCCCCCCCCC2)cc(C)c1O. The first-order valence-corrected chi connectivity index (χ1v) is 8.98. The van der Waals surface area contributed by atoms with Gasteiger partial charge in [-0.05, 0) is 49.3 Å². The van der Waals surface area contributed by atoms with E-state index in [1.165, 1.54) is 76.2 Å². The molecule has 21 heavy (non-hydrogen) atoms. The molecule has 1 aliphatic rings. The highest BCUT2D eigenvalue weighted by atomic mass is 16.3. The second-order valence-corrected chi connectivity index (χ2v) is 6.96. The zero-order valence-electron chi connectivity index (χ0n) is 14.0. The number of phenolic OH excluding ortho intramolecular Hbond substituents is 1. The lowest BCUT2D eigenvalue weighted by Gasteiger charge is -2.20. The summed E-state index contributed by atoms with van der Waals surface area (Å²) in [5, 5.41) is 9.98. The standard InChI is InChI=1S/C20H32O/c1-16-14-19(15-17(2)20(16)21)18-12-10-8-6-4-3-5-7-9-11-13-18/h14-15,18,21H,3-13H2,1-2H3. The molecule has 118 valence electrons. The van der Waals surface area contributed by atoms with Crippen LogP contribution < -0.4 is 0 Å². The van der Waals surface area contributed by atoms with E-state index in [2.05, 4.69) is 12.1 Å². The fraction of sp³-hybridized carbons (Fsp3) is 0.700. The van der Waals surface area contributed by atoms with Gasteiger partial charge in [0, 0.05) is 0 Å². The molecule has 0 aliphatic heterocycles. The molecule has 0 amide bonds. The molecular weight excluding hydrogens is 256 g/mol. The highest BCUT2D eigenvalue weighted by Gasteiger charge is 2.14. The summed E-state index contributed by atoms with van der Waals surface area (Å²) in [5.74, 6) is 1.18. The van der Waals surface area contributed by atoms with Crippen molar-refractivity contribution in [2.75, 3.05) is 0 Å². The minimum absolute atomic E-state index is 0.479. The molecule has 1 nitrogen and oxygen atoms in total. The molecule has 0 heterocycles. The average molecular weight is 288 g/mol. The van der Waals surface area contributed by atoms with Crippen molar-refractivity contribution in [1.29, 1.82) is 0 Å². The Morgan fingerprint density at radius 1 is 0.714 bits per heavy atom. The van der Waals surface area contributed by atoms with E-state index in [9.17, 15) is 5.11 Å². The Morgan fingerprint density at radius 2 is 1.10 bits per heavy atom. The van der Waals surface area contributed by atoms with Crippen LogP contribution in [0.25, 0.3) is 0 Å². The first-order chi connectivity index (χ1) is 10.2. The molecule has 1 aromatic carbocycles. The summed E-state index contributed by atoms with van der Waals surface area (Å²) in [4.78, 5) is 0. The molecule has 0 bridgehead atoms. The third-order valence-electron chi connectivity index (χ3n) is 5.09. The van der Waals surface area contributed by atoms with Gasteiger partial charge in [0.2, 0.25) is 0 Å². The molecule has 0 unspecified atom stereocenters. The van der Waals surface area contributed by atoms with Crippen LogP contribution in [0.2, 0.25) is 0 Å². The van der Waals surface area contributed by atoms with Gasteiger partial charge in [0.1, 0.15) is 5.75 Å². The van der Waals surface area contributed by atoms with Gasteiger partial charge in [0.25, 0.3) is 0 Å². The van der Waals surface area contributed by atoms with Gasteiger partial charge in [-0.25, -0.2) is 0 Å². The zero-order valence-corrected chi connectivity index (χ0v) is 14.0. The van der Waals surface area contributed by atoms with Crippen LogP contribution in [0.5, 0.6) is 5.75 Å². The molecule has 1 N–H and O–H groups in total. The Morgan fingerprint density at radius 3 is 1.52 bits per heavy atom. The van der Waals surface area contributed by atoms with Gasteiger partial charge in [-0.2, -0.15) is 0 Å². The first-order valence-electron chi connectivity index (χ1n) is 8.98. The molecule has 0 atom stereocenters. The molecule has 1 aromatic rings. The van der Waals surface area contributed by atoms with Gasteiger partial charge in [-0.1, -0.05) is 69.9 Å². The normalized spacial score (nSPS) is 19.7. The number of rotatable bonds is 1. The van der Waals surface area contributed by atoms with Gasteiger partial charge in [-0.3, -0.25) is 0 Å². The van der Waals surface area contributed by atoms with E-state index in [0.29, 0.717) is 11.7 Å². The summed E-state index contributed by atoms with van der Waals surface area (Å²) in [6.45, 7) is 4.06. The van der Waals surface area contributed by atoms with E-state index < -0.39 is 0 Å². The van der Waals surface area contributed by atoms with E-state index >= 15 is 0 Å². The number of hydrogen-bond acceptors (Lipinski definition) is 1. The molecular formula is C20H32O. The summed E-state index contributed by atoms with van der Waals surface area (Å²) in [7, 11) is 0. The smallest absolute Gasteiger partial charge is 0.121 e. The lowest BCUT2D eigenvalue weighted by molar-refractivity contribution is 0.458. The molecule has 1 heteroatoms. The largest absolute Gasteiger partial charge is 0.507 e. The van der Waals surface area contributed by atoms with E-state index in [-0.39, 0.29) is 0 Å². The van der Waals surface area contributed by atoms with Crippen LogP contribution >= 0.6 is 0 Å². The van der Waals surface area contributed by atoms with Crippen molar-refractivity contribution >= 4 is 0 Å². The predicted octanol–water partition coefficient (Wildman–Crippen LogP) is 6.40. The van der Waals surface area contributed by atoms with Gasteiger partial charge in [0.15, 0.2) is 0 Å². The Labute approximate surface area is 130 Å². The van der Waals surface area contributed by atoms with Crippen molar-refractivity contribution in [1.82, 2.24) is 0 Å². The van der Waals surface area contributed by atoms with Crippen molar-refractivity contribution in [3.63, 3.8) is 0 Å². The van der Waals surface area contributed by atoms with Crippen molar-refractivity contribution in [3.8, 4) is 5.75 Å². The Bertz CT molecular complexity index is 400. The van der Waals surface area contributed by atoms with E-state index in [0.717, 1.165) is 11.1 Å². The van der Waals surface area contributed by atoms with Gasteiger partial charge >= 0.3 is 0 Å². The van der Waals surface area contributed by atoms with E-state index in [4.69, 9.17) is 0 Å². The summed E-state index contributed by atoms with van der Waals surface area (Å²) >= 11 is 0. The maximum Gasteiger partial charge on any atom is 0.121 e. The fourth-order valence-corrected chi connectivity index (χ4v) is 3.72. The summed E-state index contributed by atoms with van der Waals surface area (Å²) in [6.07, 6.45) is 15.3. The zero-order chi connectivity index (χ0) is 15.1. The lowest BCUT2D eigenvalue weighted by Crippen LogP contribution is -2.02. The maximum atomic E-state index is 9.98. The molecule has 0 radical (unpaired) electrons. The maximum absolute atomic E-state index is 9.98. The fourth-order valence-electron chi connectivity index (χ4n) is 3.72. The number of aromatic hydroxyl groups is 1. The van der Waals surface area contributed by atoms with Crippen LogP contribution in [-0.2, 0) is 0 Å². The molecule has 1 saturated carbocycles. The van der Waals surface area contributed by atoms with Crippen LogP contribution in [0, 0.1) is 13.8 Å². The predicted molar refractivity (Wildman–Crippen MR) is 91.1 cm³/mol. The summed E-state index contributed by atoms with van der Waals surface area (Å²) in [5.41, 5.74) is 3.53. The highest BCUT2D eigenvalue weighted by Crippen LogP contribution is 2.33. The monoisotopic (exact) mass is 288 g/mol. The van der Waals surface area contributed by atoms with Gasteiger partial charge in [0.05, 0.1) is 0 Å². The average Bonchev–Trinajstić information content (AvgIpc) is 2.45. The van der Waals surface area contributed by atoms with Crippen LogP contribution in [-0.4, -0.2) is 5.11 Å². The van der Waals surface area contributed by atoms with E-state index in [1.807, 2.05) is 13.8 Å². The number of aryl methyl sites for hydroxylation is 2. The van der Waals surface area contributed by atoms with Crippen LogP contribution in [0.1, 0.15) is 93.2 Å². The van der Waals surface area contributed by atoms with Crippen LogP contribution in [0.4, 0.5) is 0 Å². The molecule has 1 fully saturated rings. The van der Waals surface area contributed by atoms with E-state index in [1.54, 1.807) is 0 Å². The minimum atomic E-state index is 0.479. The second kappa shape index (κ2) is 8.46. The minimum Gasteiger partial charge on any atom is -0.507 e. The highest BCUT2D eigenvalue weighted by molar-refractivity contribution is 5.43. The van der Waals surface area contributed by atoms with Crippen molar-refractivity contribution < 1.29 is 5.11 Å². The Kier molecular flexibility index (Phi) is 6.60. The molecule has 2 rings (SSSR count). The lowest BCUT2D eigenvalue weighted by atomic mass is 9.86. The van der Waals surface area contributed by atoms with Gasteiger partial charge in [-0.15, -0.1) is 0 Å². The topological polar surface area (TPSA) is 20.2 Å². The Hall–Kier alpha value is -0.980. The third-order valence-corrected chi connectivity index (χ3v) is 5.09. The third kappa shape index (κ3) is 5.05. The summed E-state index contributed by atoms with van der Waals surface area (Å²) in [6, 6.07) is 4.44. The second-order valence-electron chi connectivity index (χ2n) is 6.96. The molecule has 0 saturated heterocycles. The quantitative estimate of drug-likeness (QED) is 0.634. The molecule has 1 aliphatic carbocycles. The number of phenols is 1. The van der Waals surface area contributed by atoms with Crippen LogP contribution in [0.3, 0.4) is 0 Å². The van der Waals surface area contributed by atoms with Crippen molar-refractivity contribution in [3.05, 3.63) is 28.8 Å². The Balaban J connectivity index is 2.06. The molecule has 0 aromatic heterocycles.